The van der Waals surface area contributed by atoms with Crippen molar-refractivity contribution in [2.75, 3.05) is 0 Å². The van der Waals surface area contributed by atoms with Gasteiger partial charge in [-0.05, 0) is 30.3 Å². The van der Waals surface area contributed by atoms with E-state index in [1.807, 2.05) is 107 Å². The maximum absolute atomic E-state index is 10.1. The van der Waals surface area contributed by atoms with Crippen molar-refractivity contribution in [3.05, 3.63) is 111 Å². The van der Waals surface area contributed by atoms with Crippen molar-refractivity contribution in [3.8, 4) is 6.07 Å². The number of fused-ring (bicyclic) bond motifs is 1. The molecule has 4 rings (SSSR count). The van der Waals surface area contributed by atoms with Crippen LogP contribution in [0.1, 0.15) is 67.9 Å². The molecule has 0 saturated heterocycles. The van der Waals surface area contributed by atoms with E-state index in [0.717, 1.165) is 11.1 Å². The minimum Gasteiger partial charge on any atom is -0.481 e. The maximum atomic E-state index is 10.1. The number of aromatic nitrogens is 3. The topological polar surface area (TPSA) is 120 Å². The summed E-state index contributed by atoms with van der Waals surface area (Å²) >= 11 is 0. The zero-order chi connectivity index (χ0) is 29.6. The van der Waals surface area contributed by atoms with E-state index >= 15 is 0 Å². The van der Waals surface area contributed by atoms with Crippen molar-refractivity contribution in [2.24, 2.45) is 0 Å². The fourth-order valence-corrected chi connectivity index (χ4v) is 2.16. The number of nitriles is 1. The van der Waals surface area contributed by atoms with Crippen molar-refractivity contribution in [3.63, 3.8) is 0 Å². The first-order valence-electron chi connectivity index (χ1n) is 12.7. The summed E-state index contributed by atoms with van der Waals surface area (Å²) < 4.78 is 3.53. The van der Waals surface area contributed by atoms with Crippen LogP contribution < -0.4 is 4.57 Å². The highest BCUT2D eigenvalue weighted by Gasteiger charge is 2.03. The first-order valence-corrected chi connectivity index (χ1v) is 12.7. The van der Waals surface area contributed by atoms with Gasteiger partial charge in [0, 0.05) is 43.3 Å². The van der Waals surface area contributed by atoms with Gasteiger partial charge in [-0.1, -0.05) is 74.1 Å². The molecule has 2 N–H and O–H groups in total. The molecule has 222 valence electrons. The molecule has 40 heavy (non-hydrogen) atoms. The van der Waals surface area contributed by atoms with Gasteiger partial charge < -0.3 is 22.0 Å². The lowest BCUT2D eigenvalue weighted by Crippen LogP contribution is -2.36. The molecule has 0 spiro atoms. The second-order valence-corrected chi connectivity index (χ2v) is 6.05. The standard InChI is InChI=1S/C9H6N2.C7H7NO2.C5H5N.C3H6O2.3C2H6.CH4.CH3/c10-7-8-4-6-11-5-2-1-3-9(8)11;9-7(10)6-8-4-2-1-3-5-8;1-2-4-6-5-3-1;1-2-3(4)5;3*1-2;;/h1-6H;1-5H,6H2;1-5H;2H2,1H3,(H,4,5);3*1-2H3;1H4;1H3/q;;;;;;;;-1/p+1. The molecule has 0 aromatic carbocycles. The number of hydrogen-bond acceptors (Lipinski definition) is 4. The van der Waals surface area contributed by atoms with Crippen molar-refractivity contribution in [2.45, 2.75) is 68.9 Å². The molecule has 4 aromatic heterocycles. The fourth-order valence-electron chi connectivity index (χ4n) is 2.16. The second kappa shape index (κ2) is 34.5. The molecule has 8 nitrogen and oxygen atoms in total. The van der Waals surface area contributed by atoms with Gasteiger partial charge in [-0.3, -0.25) is 9.78 Å². The molecule has 0 aliphatic heterocycles. The number of aliphatic carboxylic acids is 2. The van der Waals surface area contributed by atoms with Crippen LogP contribution in [0.2, 0.25) is 0 Å². The highest BCUT2D eigenvalue weighted by Crippen LogP contribution is 2.09. The van der Waals surface area contributed by atoms with Gasteiger partial charge in [0.25, 0.3) is 0 Å². The van der Waals surface area contributed by atoms with Crippen LogP contribution in [0, 0.1) is 18.8 Å². The molecular formula is C32H50N4O4. The Morgan fingerprint density at radius 1 is 0.825 bits per heavy atom. The van der Waals surface area contributed by atoms with Gasteiger partial charge in [-0.25, -0.2) is 4.79 Å². The lowest BCUT2D eigenvalue weighted by molar-refractivity contribution is -0.685. The largest absolute Gasteiger partial charge is 0.481 e. The summed E-state index contributed by atoms with van der Waals surface area (Å²) in [6.45, 7) is 13.6. The average molecular weight is 555 g/mol. The minimum atomic E-state index is -0.823. The third-order valence-corrected chi connectivity index (χ3v) is 3.65. The predicted octanol–water partition coefficient (Wildman–Crippen LogP) is 7.60. The third kappa shape index (κ3) is 25.2. The molecule has 0 atom stereocenters. The number of carboxylic acid groups (broad SMARTS) is 2. The smallest absolute Gasteiger partial charge is 0.370 e. The molecule has 0 amide bonds. The Hall–Kier alpha value is -4.51. The second-order valence-electron chi connectivity index (χ2n) is 6.05. The van der Waals surface area contributed by atoms with Crippen LogP contribution in [-0.4, -0.2) is 31.5 Å². The van der Waals surface area contributed by atoms with E-state index in [-0.39, 0.29) is 27.8 Å². The van der Waals surface area contributed by atoms with Gasteiger partial charge in [0.2, 0.25) is 6.54 Å². The molecule has 0 aliphatic rings. The SMILES string of the molecule is C.CC.CC.CC.CCC(=O)O.N#Cc1ccn2ccccc12.O=C(O)C[n+]1ccccc1.[CH3-].c1ccncc1. The van der Waals surface area contributed by atoms with Gasteiger partial charge >= 0.3 is 11.9 Å². The van der Waals surface area contributed by atoms with Gasteiger partial charge in [0.15, 0.2) is 12.4 Å². The lowest BCUT2D eigenvalue weighted by atomic mass is 10.3. The summed E-state index contributed by atoms with van der Waals surface area (Å²) in [5.74, 6) is -1.57. The molecule has 4 aromatic rings. The van der Waals surface area contributed by atoms with Crippen LogP contribution in [0.25, 0.3) is 5.52 Å². The Labute approximate surface area is 242 Å². The molecule has 0 fully saturated rings. The fraction of sp³-hybridized carbons (Fsp3) is 0.312. The summed E-state index contributed by atoms with van der Waals surface area (Å²) in [4.78, 5) is 23.3. The number of nitrogens with zero attached hydrogens (tertiary/aromatic N) is 4. The van der Waals surface area contributed by atoms with E-state index in [9.17, 15) is 9.59 Å². The van der Waals surface area contributed by atoms with Crippen molar-refractivity contribution >= 4 is 17.5 Å². The quantitative estimate of drug-likeness (QED) is 0.199. The van der Waals surface area contributed by atoms with Gasteiger partial charge in [0.1, 0.15) is 6.07 Å². The van der Waals surface area contributed by atoms with Gasteiger partial charge in [-0.15, -0.1) is 0 Å². The molecule has 0 unspecified atom stereocenters. The molecule has 0 bridgehead atoms. The van der Waals surface area contributed by atoms with Crippen LogP contribution in [-0.2, 0) is 16.1 Å². The third-order valence-electron chi connectivity index (χ3n) is 3.65. The Bertz CT molecular complexity index is 1080. The summed E-state index contributed by atoms with van der Waals surface area (Å²) in [6, 6.07) is 20.9. The lowest BCUT2D eigenvalue weighted by Gasteiger charge is -1.90. The monoisotopic (exact) mass is 554 g/mol. The number of hydrogen-bond donors (Lipinski definition) is 2. The molecular weight excluding hydrogens is 504 g/mol. The van der Waals surface area contributed by atoms with Crippen molar-refractivity contribution < 1.29 is 24.4 Å². The van der Waals surface area contributed by atoms with Gasteiger partial charge in [0.05, 0.1) is 11.1 Å². The summed E-state index contributed by atoms with van der Waals surface area (Å²) in [6.07, 6.45) is 11.0. The summed E-state index contributed by atoms with van der Waals surface area (Å²) in [5.41, 5.74) is 1.70. The van der Waals surface area contributed by atoms with Crippen LogP contribution in [0.15, 0.2) is 97.8 Å². The summed E-state index contributed by atoms with van der Waals surface area (Å²) in [7, 11) is 0. The number of pyridine rings is 3. The zero-order valence-electron chi connectivity index (χ0n) is 24.7. The van der Waals surface area contributed by atoms with Crippen molar-refractivity contribution in [1.29, 1.82) is 5.26 Å². The molecule has 8 heteroatoms. The van der Waals surface area contributed by atoms with Crippen LogP contribution in [0.3, 0.4) is 0 Å². The van der Waals surface area contributed by atoms with Crippen LogP contribution >= 0.6 is 0 Å². The van der Waals surface area contributed by atoms with Crippen molar-refractivity contribution in [1.82, 2.24) is 9.38 Å². The van der Waals surface area contributed by atoms with Gasteiger partial charge in [-0.2, -0.15) is 9.83 Å². The average Bonchev–Trinajstić information content (AvgIpc) is 3.42. The van der Waals surface area contributed by atoms with E-state index in [1.54, 1.807) is 48.4 Å². The number of carbonyl (C=O) groups is 2. The van der Waals surface area contributed by atoms with E-state index < -0.39 is 11.9 Å². The Morgan fingerprint density at radius 3 is 1.70 bits per heavy atom. The highest BCUT2D eigenvalue weighted by molar-refractivity contribution is 5.66. The highest BCUT2D eigenvalue weighted by atomic mass is 16.4. The molecule has 0 radical (unpaired) electrons. The Balaban J connectivity index is -0.000000130. The number of carboxylic acids is 2. The molecule has 4 heterocycles. The minimum absolute atomic E-state index is 0. The first kappa shape index (κ1) is 45.4. The first-order chi connectivity index (χ1) is 18.5. The molecule has 0 aliphatic carbocycles. The predicted molar refractivity (Wildman–Crippen MR) is 166 cm³/mol. The molecule has 0 saturated carbocycles. The zero-order valence-corrected chi connectivity index (χ0v) is 24.7. The van der Waals surface area contributed by atoms with E-state index in [1.165, 1.54) is 0 Å². The Morgan fingerprint density at radius 2 is 1.32 bits per heavy atom. The maximum Gasteiger partial charge on any atom is 0.370 e. The van der Waals surface area contributed by atoms with Crippen LogP contribution in [0.5, 0.6) is 0 Å². The number of rotatable bonds is 3. The Kier molecular flexibility index (Phi) is 39.2. The van der Waals surface area contributed by atoms with E-state index in [2.05, 4.69) is 11.1 Å². The van der Waals surface area contributed by atoms with E-state index in [0.29, 0.717) is 0 Å². The van der Waals surface area contributed by atoms with E-state index in [4.69, 9.17) is 15.5 Å². The van der Waals surface area contributed by atoms with Crippen LogP contribution in [0.4, 0.5) is 0 Å². The summed E-state index contributed by atoms with van der Waals surface area (Å²) in [5, 5.41) is 24.7. The normalized spacial score (nSPS) is 7.55.